The van der Waals surface area contributed by atoms with Crippen molar-refractivity contribution in [3.8, 4) is 5.75 Å². The van der Waals surface area contributed by atoms with Crippen molar-refractivity contribution >= 4 is 29.9 Å². The summed E-state index contributed by atoms with van der Waals surface area (Å²) in [5.41, 5.74) is 1.18. The maximum Gasteiger partial charge on any atom is 0.191 e. The smallest absolute Gasteiger partial charge is 0.191 e. The van der Waals surface area contributed by atoms with Crippen molar-refractivity contribution < 1.29 is 4.74 Å². The van der Waals surface area contributed by atoms with Crippen LogP contribution in [0.2, 0.25) is 0 Å². The zero-order chi connectivity index (χ0) is 15.1. The third-order valence-corrected chi connectivity index (χ3v) is 3.66. The standard InChI is InChI=1S/C17H27N3O.HI/c1-13(2)20-17(18-3)19-12-14-8-4-7-11-16(14)21-15-9-5-6-10-15;/h4,7-8,11,13,15H,5-6,9-10,12H2,1-3H3,(H2,18,19,20);1H. The normalized spacial score (nSPS) is 15.5. The summed E-state index contributed by atoms with van der Waals surface area (Å²) < 4.78 is 6.15. The fourth-order valence-corrected chi connectivity index (χ4v) is 2.60. The molecule has 5 heteroatoms. The van der Waals surface area contributed by atoms with Gasteiger partial charge in [0.2, 0.25) is 0 Å². The van der Waals surface area contributed by atoms with Crippen molar-refractivity contribution in [1.82, 2.24) is 10.6 Å². The summed E-state index contributed by atoms with van der Waals surface area (Å²) in [5.74, 6) is 1.82. The van der Waals surface area contributed by atoms with E-state index in [-0.39, 0.29) is 24.0 Å². The molecule has 0 heterocycles. The van der Waals surface area contributed by atoms with E-state index in [1.165, 1.54) is 31.2 Å². The Morgan fingerprint density at radius 1 is 1.27 bits per heavy atom. The number of rotatable bonds is 5. The number of aliphatic imine (C=N–C) groups is 1. The number of benzene rings is 1. The molecule has 1 fully saturated rings. The summed E-state index contributed by atoms with van der Waals surface area (Å²) in [7, 11) is 1.79. The van der Waals surface area contributed by atoms with Gasteiger partial charge in [0, 0.05) is 25.2 Å². The van der Waals surface area contributed by atoms with Crippen LogP contribution in [0.25, 0.3) is 0 Å². The molecule has 1 aromatic carbocycles. The SMILES string of the molecule is CN=C(NCc1ccccc1OC1CCCC1)NC(C)C.I. The third-order valence-electron chi connectivity index (χ3n) is 3.66. The van der Waals surface area contributed by atoms with Crippen LogP contribution in [-0.2, 0) is 6.54 Å². The lowest BCUT2D eigenvalue weighted by Crippen LogP contribution is -2.40. The van der Waals surface area contributed by atoms with E-state index in [0.29, 0.717) is 12.1 Å². The Morgan fingerprint density at radius 2 is 1.95 bits per heavy atom. The minimum Gasteiger partial charge on any atom is -0.490 e. The lowest BCUT2D eigenvalue weighted by molar-refractivity contribution is 0.208. The van der Waals surface area contributed by atoms with Crippen molar-refractivity contribution in [2.24, 2.45) is 4.99 Å². The minimum absolute atomic E-state index is 0. The number of nitrogens with zero attached hydrogens (tertiary/aromatic N) is 1. The molecule has 0 bridgehead atoms. The van der Waals surface area contributed by atoms with Gasteiger partial charge in [-0.25, -0.2) is 0 Å². The van der Waals surface area contributed by atoms with Crippen LogP contribution in [0.1, 0.15) is 45.1 Å². The lowest BCUT2D eigenvalue weighted by Gasteiger charge is -2.18. The number of hydrogen-bond acceptors (Lipinski definition) is 2. The van der Waals surface area contributed by atoms with Gasteiger partial charge >= 0.3 is 0 Å². The van der Waals surface area contributed by atoms with Gasteiger partial charge in [-0.1, -0.05) is 18.2 Å². The highest BCUT2D eigenvalue weighted by atomic mass is 127. The maximum atomic E-state index is 6.15. The number of halogens is 1. The molecule has 2 N–H and O–H groups in total. The second-order valence-corrected chi connectivity index (χ2v) is 5.86. The van der Waals surface area contributed by atoms with E-state index in [0.717, 1.165) is 18.3 Å². The third kappa shape index (κ3) is 6.02. The highest BCUT2D eigenvalue weighted by molar-refractivity contribution is 14.0. The van der Waals surface area contributed by atoms with E-state index in [1.54, 1.807) is 7.05 Å². The highest BCUT2D eigenvalue weighted by Gasteiger charge is 2.17. The molecular weight excluding hydrogens is 389 g/mol. The van der Waals surface area contributed by atoms with Crippen LogP contribution < -0.4 is 15.4 Å². The van der Waals surface area contributed by atoms with Crippen molar-refractivity contribution in [2.75, 3.05) is 7.05 Å². The van der Waals surface area contributed by atoms with Gasteiger partial charge in [-0.2, -0.15) is 0 Å². The van der Waals surface area contributed by atoms with E-state index in [2.05, 4.69) is 47.7 Å². The number of ether oxygens (including phenoxy) is 1. The van der Waals surface area contributed by atoms with Crippen LogP contribution in [0, 0.1) is 0 Å². The molecule has 0 atom stereocenters. The van der Waals surface area contributed by atoms with Gasteiger partial charge in [0.1, 0.15) is 5.75 Å². The molecule has 0 radical (unpaired) electrons. The quantitative estimate of drug-likeness (QED) is 0.436. The van der Waals surface area contributed by atoms with Crippen molar-refractivity contribution in [3.05, 3.63) is 29.8 Å². The van der Waals surface area contributed by atoms with Gasteiger partial charge in [0.05, 0.1) is 6.10 Å². The Labute approximate surface area is 151 Å². The largest absolute Gasteiger partial charge is 0.490 e. The topological polar surface area (TPSA) is 45.7 Å². The van der Waals surface area contributed by atoms with Gasteiger partial charge in [-0.15, -0.1) is 24.0 Å². The van der Waals surface area contributed by atoms with Gasteiger partial charge in [0.25, 0.3) is 0 Å². The summed E-state index contributed by atoms with van der Waals surface area (Å²) in [6.07, 6.45) is 5.32. The summed E-state index contributed by atoms with van der Waals surface area (Å²) >= 11 is 0. The van der Waals surface area contributed by atoms with Crippen molar-refractivity contribution in [3.63, 3.8) is 0 Å². The molecule has 124 valence electrons. The molecule has 1 aliphatic carbocycles. The number of para-hydroxylation sites is 1. The van der Waals surface area contributed by atoms with Crippen LogP contribution in [0.3, 0.4) is 0 Å². The first-order chi connectivity index (χ1) is 10.2. The van der Waals surface area contributed by atoms with Gasteiger partial charge in [-0.3, -0.25) is 4.99 Å². The summed E-state index contributed by atoms with van der Waals surface area (Å²) in [6, 6.07) is 8.63. The Morgan fingerprint density at radius 3 is 2.59 bits per heavy atom. The Hall–Kier alpha value is -0.980. The molecule has 22 heavy (non-hydrogen) atoms. The summed E-state index contributed by atoms with van der Waals surface area (Å²) in [5, 5.41) is 6.63. The molecule has 0 amide bonds. The molecular formula is C17H28IN3O. The van der Waals surface area contributed by atoms with Crippen LogP contribution >= 0.6 is 24.0 Å². The van der Waals surface area contributed by atoms with Crippen LogP contribution in [0.4, 0.5) is 0 Å². The van der Waals surface area contributed by atoms with E-state index < -0.39 is 0 Å². The molecule has 1 aliphatic rings. The molecule has 2 rings (SSSR count). The van der Waals surface area contributed by atoms with Crippen LogP contribution in [-0.4, -0.2) is 25.2 Å². The van der Waals surface area contributed by atoms with Crippen molar-refractivity contribution in [1.29, 1.82) is 0 Å². The molecule has 1 saturated carbocycles. The first kappa shape index (κ1) is 19.1. The van der Waals surface area contributed by atoms with E-state index in [4.69, 9.17) is 4.74 Å². The van der Waals surface area contributed by atoms with Gasteiger partial charge < -0.3 is 15.4 Å². The minimum atomic E-state index is 0. The van der Waals surface area contributed by atoms with Gasteiger partial charge in [-0.05, 0) is 45.6 Å². The fourth-order valence-electron chi connectivity index (χ4n) is 2.60. The summed E-state index contributed by atoms with van der Waals surface area (Å²) in [6.45, 7) is 4.92. The molecule has 4 nitrogen and oxygen atoms in total. The predicted octanol–water partition coefficient (Wildman–Crippen LogP) is 3.70. The first-order valence-electron chi connectivity index (χ1n) is 7.90. The molecule has 1 aromatic rings. The van der Waals surface area contributed by atoms with Crippen LogP contribution in [0.15, 0.2) is 29.3 Å². The predicted molar refractivity (Wildman–Crippen MR) is 103 cm³/mol. The van der Waals surface area contributed by atoms with Crippen molar-refractivity contribution in [2.45, 2.75) is 58.2 Å². The monoisotopic (exact) mass is 417 g/mol. The lowest BCUT2D eigenvalue weighted by atomic mass is 10.2. The Bertz CT molecular complexity index is 471. The molecule has 0 unspecified atom stereocenters. The number of hydrogen-bond donors (Lipinski definition) is 2. The molecule has 0 aliphatic heterocycles. The number of guanidine groups is 1. The average molecular weight is 417 g/mol. The molecule has 0 saturated heterocycles. The highest BCUT2D eigenvalue weighted by Crippen LogP contribution is 2.26. The molecule has 0 spiro atoms. The maximum absolute atomic E-state index is 6.15. The van der Waals surface area contributed by atoms with Crippen LogP contribution in [0.5, 0.6) is 5.75 Å². The summed E-state index contributed by atoms with van der Waals surface area (Å²) in [4.78, 5) is 4.23. The van der Waals surface area contributed by atoms with E-state index in [9.17, 15) is 0 Å². The van der Waals surface area contributed by atoms with E-state index >= 15 is 0 Å². The Kier molecular flexibility index (Phi) is 8.60. The Balaban J connectivity index is 0.00000242. The zero-order valence-electron chi connectivity index (χ0n) is 13.8. The first-order valence-corrected chi connectivity index (χ1v) is 7.90. The van der Waals surface area contributed by atoms with Gasteiger partial charge in [0.15, 0.2) is 5.96 Å². The second kappa shape index (κ2) is 9.92. The fraction of sp³-hybridized carbons (Fsp3) is 0.588. The number of nitrogens with one attached hydrogen (secondary N) is 2. The molecule has 0 aromatic heterocycles. The van der Waals surface area contributed by atoms with E-state index in [1.807, 2.05) is 6.07 Å². The average Bonchev–Trinajstić information content (AvgIpc) is 2.97. The second-order valence-electron chi connectivity index (χ2n) is 5.86. The zero-order valence-corrected chi connectivity index (χ0v) is 16.1.